The van der Waals surface area contributed by atoms with Crippen LogP contribution in [0.4, 0.5) is 5.69 Å². The Morgan fingerprint density at radius 1 is 1.07 bits per heavy atom. The first kappa shape index (κ1) is 20.9. The first-order chi connectivity index (χ1) is 14.0. The van der Waals surface area contributed by atoms with Gasteiger partial charge in [-0.15, -0.1) is 0 Å². The first-order valence-corrected chi connectivity index (χ1v) is 9.91. The number of methoxy groups -OCH3 is 3. The molecule has 0 atom stereocenters. The van der Waals surface area contributed by atoms with Crippen LogP contribution in [0.2, 0.25) is 0 Å². The molecule has 0 radical (unpaired) electrons. The Hall–Kier alpha value is -2.84. The molecule has 29 heavy (non-hydrogen) atoms. The van der Waals surface area contributed by atoms with Crippen LogP contribution in [0.5, 0.6) is 11.5 Å². The van der Waals surface area contributed by atoms with Crippen molar-refractivity contribution >= 4 is 33.1 Å². The van der Waals surface area contributed by atoms with E-state index in [1.54, 1.807) is 33.5 Å². The van der Waals surface area contributed by atoms with E-state index in [9.17, 15) is 4.79 Å². The minimum absolute atomic E-state index is 0.285. The minimum atomic E-state index is -0.285. The fourth-order valence-corrected chi connectivity index (χ4v) is 4.00. The Kier molecular flexibility index (Phi) is 6.56. The number of carbonyl (C=O) groups is 1. The molecule has 1 heterocycles. The van der Waals surface area contributed by atoms with E-state index >= 15 is 0 Å². The average molecular weight is 416 g/mol. The Morgan fingerprint density at radius 3 is 2.31 bits per heavy atom. The van der Waals surface area contributed by atoms with Crippen LogP contribution in [0.25, 0.3) is 10.2 Å². The lowest BCUT2D eigenvalue weighted by Gasteiger charge is -2.11. The molecule has 0 aliphatic heterocycles. The van der Waals surface area contributed by atoms with Crippen LogP contribution in [-0.2, 0) is 11.3 Å². The summed E-state index contributed by atoms with van der Waals surface area (Å²) < 4.78 is 19.0. The van der Waals surface area contributed by atoms with Gasteiger partial charge in [-0.1, -0.05) is 11.3 Å². The summed E-state index contributed by atoms with van der Waals surface area (Å²) in [5.41, 5.74) is 2.48. The van der Waals surface area contributed by atoms with E-state index in [1.165, 1.54) is 11.3 Å². The predicted molar refractivity (Wildman–Crippen MR) is 115 cm³/mol. The van der Waals surface area contributed by atoms with Crippen LogP contribution < -0.4 is 19.2 Å². The fraction of sp³-hybridized carbons (Fsp3) is 0.333. The van der Waals surface area contributed by atoms with Crippen molar-refractivity contribution in [1.82, 2.24) is 4.57 Å². The summed E-state index contributed by atoms with van der Waals surface area (Å²) in [6.45, 7) is 1.07. The number of aromatic nitrogens is 1. The van der Waals surface area contributed by atoms with E-state index in [-0.39, 0.29) is 5.91 Å². The third-order valence-electron chi connectivity index (χ3n) is 4.53. The lowest BCUT2D eigenvalue weighted by atomic mass is 10.2. The summed E-state index contributed by atoms with van der Waals surface area (Å²) in [6.07, 6.45) is 0. The Morgan fingerprint density at radius 2 is 1.72 bits per heavy atom. The zero-order valence-electron chi connectivity index (χ0n) is 17.3. The minimum Gasteiger partial charge on any atom is -0.493 e. The van der Waals surface area contributed by atoms with Crippen LogP contribution in [0.1, 0.15) is 10.4 Å². The van der Waals surface area contributed by atoms with Gasteiger partial charge in [-0.2, -0.15) is 4.99 Å². The average Bonchev–Trinajstić information content (AvgIpc) is 3.06. The van der Waals surface area contributed by atoms with Crippen molar-refractivity contribution in [3.63, 3.8) is 0 Å². The molecule has 8 heteroatoms. The molecular weight excluding hydrogens is 390 g/mol. The number of benzene rings is 2. The van der Waals surface area contributed by atoms with E-state index in [4.69, 9.17) is 14.2 Å². The number of ether oxygens (including phenoxy) is 3. The van der Waals surface area contributed by atoms with Gasteiger partial charge in [-0.25, -0.2) is 0 Å². The monoisotopic (exact) mass is 415 g/mol. The molecule has 3 aromatic rings. The molecule has 0 spiro atoms. The van der Waals surface area contributed by atoms with Crippen LogP contribution in [0.15, 0.2) is 41.4 Å². The van der Waals surface area contributed by atoms with Crippen molar-refractivity contribution < 1.29 is 19.0 Å². The number of hydrogen-bond acceptors (Lipinski definition) is 6. The van der Waals surface area contributed by atoms with E-state index in [1.807, 2.05) is 47.8 Å². The van der Waals surface area contributed by atoms with Crippen molar-refractivity contribution in [1.29, 1.82) is 0 Å². The van der Waals surface area contributed by atoms with Crippen molar-refractivity contribution in [3.8, 4) is 11.5 Å². The second-order valence-corrected chi connectivity index (χ2v) is 7.57. The topological polar surface area (TPSA) is 65.3 Å². The third kappa shape index (κ3) is 4.44. The van der Waals surface area contributed by atoms with Crippen LogP contribution in [-0.4, -0.2) is 52.5 Å². The molecule has 0 saturated heterocycles. The molecule has 7 nitrogen and oxygen atoms in total. The highest BCUT2D eigenvalue weighted by Gasteiger charge is 2.14. The number of anilines is 1. The zero-order chi connectivity index (χ0) is 21.0. The largest absolute Gasteiger partial charge is 0.493 e. The van der Waals surface area contributed by atoms with E-state index in [0.717, 1.165) is 15.9 Å². The maximum atomic E-state index is 12.8. The van der Waals surface area contributed by atoms with Gasteiger partial charge in [0.1, 0.15) is 0 Å². The first-order valence-electron chi connectivity index (χ1n) is 9.09. The SMILES string of the molecule is COCCn1c(=NC(=O)c2ccc(N(C)C)cc2)sc2cc(OC)c(OC)cc21. The summed E-state index contributed by atoms with van der Waals surface area (Å²) in [6, 6.07) is 11.2. The van der Waals surface area contributed by atoms with Crippen molar-refractivity contribution in [2.45, 2.75) is 6.54 Å². The molecule has 0 unspecified atom stereocenters. The Balaban J connectivity index is 2.09. The second kappa shape index (κ2) is 9.11. The number of rotatable bonds is 7. The quantitative estimate of drug-likeness (QED) is 0.593. The van der Waals surface area contributed by atoms with Gasteiger partial charge >= 0.3 is 0 Å². The molecule has 1 amide bonds. The van der Waals surface area contributed by atoms with Gasteiger partial charge < -0.3 is 23.7 Å². The molecule has 2 aromatic carbocycles. The Bertz CT molecular complexity index is 1070. The molecule has 3 rings (SSSR count). The molecule has 0 aliphatic rings. The van der Waals surface area contributed by atoms with Crippen LogP contribution >= 0.6 is 11.3 Å². The normalized spacial score (nSPS) is 11.7. The fourth-order valence-electron chi connectivity index (χ4n) is 2.93. The number of amides is 1. The highest BCUT2D eigenvalue weighted by molar-refractivity contribution is 7.16. The summed E-state index contributed by atoms with van der Waals surface area (Å²) >= 11 is 1.43. The summed E-state index contributed by atoms with van der Waals surface area (Å²) in [5.74, 6) is 0.977. The number of thiazole rings is 1. The van der Waals surface area contributed by atoms with Crippen molar-refractivity contribution in [2.75, 3.05) is 46.9 Å². The smallest absolute Gasteiger partial charge is 0.279 e. The van der Waals surface area contributed by atoms with E-state index < -0.39 is 0 Å². The highest BCUT2D eigenvalue weighted by Crippen LogP contribution is 2.33. The summed E-state index contributed by atoms with van der Waals surface area (Å²) in [5, 5.41) is 0. The maximum absolute atomic E-state index is 12.8. The van der Waals surface area contributed by atoms with Gasteiger partial charge in [-0.3, -0.25) is 4.79 Å². The van der Waals surface area contributed by atoms with Gasteiger partial charge in [0, 0.05) is 51.1 Å². The van der Waals surface area contributed by atoms with E-state index in [0.29, 0.717) is 35.0 Å². The molecule has 0 fully saturated rings. The lowest BCUT2D eigenvalue weighted by Crippen LogP contribution is -2.19. The van der Waals surface area contributed by atoms with Gasteiger partial charge in [0.15, 0.2) is 16.3 Å². The maximum Gasteiger partial charge on any atom is 0.279 e. The van der Waals surface area contributed by atoms with Gasteiger partial charge in [0.05, 0.1) is 31.0 Å². The van der Waals surface area contributed by atoms with Crippen molar-refractivity contribution in [3.05, 3.63) is 46.8 Å². The molecule has 0 aliphatic carbocycles. The van der Waals surface area contributed by atoms with Gasteiger partial charge in [-0.05, 0) is 24.3 Å². The summed E-state index contributed by atoms with van der Waals surface area (Å²) in [7, 11) is 8.76. The van der Waals surface area contributed by atoms with E-state index in [2.05, 4.69) is 4.99 Å². The predicted octanol–water partition coefficient (Wildman–Crippen LogP) is 3.17. The van der Waals surface area contributed by atoms with Crippen molar-refractivity contribution in [2.24, 2.45) is 4.99 Å². The number of carbonyl (C=O) groups excluding carboxylic acids is 1. The molecule has 1 aromatic heterocycles. The molecular formula is C21H25N3O4S. The summed E-state index contributed by atoms with van der Waals surface area (Å²) in [4.78, 5) is 19.8. The van der Waals surface area contributed by atoms with Gasteiger partial charge in [0.25, 0.3) is 5.91 Å². The molecule has 0 saturated carbocycles. The molecule has 154 valence electrons. The number of fused-ring (bicyclic) bond motifs is 1. The zero-order valence-corrected chi connectivity index (χ0v) is 18.1. The van der Waals surface area contributed by atoms with Crippen LogP contribution in [0, 0.1) is 0 Å². The standard InChI is InChI=1S/C21H25N3O4S/c1-23(2)15-8-6-14(7-9-15)20(25)22-21-24(10-11-26-3)16-12-17(27-4)18(28-5)13-19(16)29-21/h6-9,12-13H,10-11H2,1-5H3. The highest BCUT2D eigenvalue weighted by atomic mass is 32.1. The Labute approximate surface area is 173 Å². The lowest BCUT2D eigenvalue weighted by molar-refractivity contribution is 0.0997. The second-order valence-electron chi connectivity index (χ2n) is 6.56. The van der Waals surface area contributed by atoms with Crippen LogP contribution in [0.3, 0.4) is 0 Å². The van der Waals surface area contributed by atoms with Gasteiger partial charge in [0.2, 0.25) is 0 Å². The third-order valence-corrected chi connectivity index (χ3v) is 5.58. The number of hydrogen-bond donors (Lipinski definition) is 0. The number of nitrogens with zero attached hydrogens (tertiary/aromatic N) is 3. The molecule has 0 bridgehead atoms. The molecule has 0 N–H and O–H groups in total.